The van der Waals surface area contributed by atoms with E-state index in [0.29, 0.717) is 30.8 Å². The molecule has 0 aromatic heterocycles. The number of hydrogen-bond acceptors (Lipinski definition) is 3. The number of nitrogens with one attached hydrogen (secondary N) is 1. The molecule has 1 atom stereocenters. The van der Waals surface area contributed by atoms with Gasteiger partial charge < -0.3 is 5.32 Å². The minimum absolute atomic E-state index is 0. The van der Waals surface area contributed by atoms with Crippen LogP contribution in [-0.2, 0) is 10.0 Å². The van der Waals surface area contributed by atoms with Gasteiger partial charge in [0.25, 0.3) is 0 Å². The summed E-state index contributed by atoms with van der Waals surface area (Å²) in [5.74, 6) is 0.827. The molecule has 2 fully saturated rings. The number of rotatable bonds is 4. The fourth-order valence-electron chi connectivity index (χ4n) is 2.12. The molecule has 0 bridgehead atoms. The van der Waals surface area contributed by atoms with Gasteiger partial charge in [0.15, 0.2) is 0 Å². The quantitative estimate of drug-likeness (QED) is 0.822. The van der Waals surface area contributed by atoms with Gasteiger partial charge in [-0.15, -0.1) is 12.4 Å². The van der Waals surface area contributed by atoms with E-state index in [2.05, 4.69) is 5.32 Å². The van der Waals surface area contributed by atoms with Crippen molar-refractivity contribution in [1.29, 1.82) is 0 Å². The lowest BCUT2D eigenvalue weighted by atomic mass is 10.1. The zero-order chi connectivity index (χ0) is 10.9. The van der Waals surface area contributed by atoms with E-state index >= 15 is 0 Å². The topological polar surface area (TPSA) is 49.4 Å². The van der Waals surface area contributed by atoms with Crippen LogP contribution in [0, 0.1) is 5.92 Å². The van der Waals surface area contributed by atoms with E-state index in [4.69, 9.17) is 0 Å². The first-order valence-electron chi connectivity index (χ1n) is 5.77. The number of halogens is 1. The maximum atomic E-state index is 12.0. The molecule has 1 saturated carbocycles. The van der Waals surface area contributed by atoms with Crippen LogP contribution in [0.15, 0.2) is 0 Å². The maximum absolute atomic E-state index is 12.0. The largest absolute Gasteiger partial charge is 0.316 e. The molecule has 1 heterocycles. The molecule has 96 valence electrons. The van der Waals surface area contributed by atoms with Gasteiger partial charge in [0.2, 0.25) is 10.0 Å². The molecule has 1 N–H and O–H groups in total. The molecule has 4 nitrogen and oxygen atoms in total. The Balaban J connectivity index is 0.00000128. The van der Waals surface area contributed by atoms with Crippen molar-refractivity contribution in [2.24, 2.45) is 5.92 Å². The number of nitrogens with zero attached hydrogens (tertiary/aromatic N) is 1. The summed E-state index contributed by atoms with van der Waals surface area (Å²) < 4.78 is 25.7. The number of piperidine rings is 1. The maximum Gasteiger partial charge on any atom is 0.214 e. The van der Waals surface area contributed by atoms with Crippen molar-refractivity contribution >= 4 is 22.4 Å². The average Bonchev–Trinajstić information content (AvgIpc) is 3.01. The second kappa shape index (κ2) is 5.67. The molecular weight excluding hydrogens is 248 g/mol. The molecule has 1 unspecified atom stereocenters. The van der Waals surface area contributed by atoms with Crippen LogP contribution in [0.2, 0.25) is 0 Å². The third-order valence-corrected chi connectivity index (χ3v) is 5.34. The Morgan fingerprint density at radius 1 is 1.31 bits per heavy atom. The summed E-state index contributed by atoms with van der Waals surface area (Å²) in [6, 6.07) is 0.340. The molecule has 0 aromatic rings. The lowest BCUT2D eigenvalue weighted by Gasteiger charge is -2.31. The smallest absolute Gasteiger partial charge is 0.214 e. The van der Waals surface area contributed by atoms with E-state index in [0.717, 1.165) is 25.7 Å². The van der Waals surface area contributed by atoms with Crippen LogP contribution in [0.5, 0.6) is 0 Å². The second-order valence-corrected chi connectivity index (χ2v) is 6.72. The lowest BCUT2D eigenvalue weighted by molar-refractivity contribution is 0.292. The molecule has 1 aliphatic carbocycles. The van der Waals surface area contributed by atoms with E-state index in [1.807, 2.05) is 7.05 Å². The minimum Gasteiger partial charge on any atom is -0.316 e. The first kappa shape index (κ1) is 14.2. The van der Waals surface area contributed by atoms with Gasteiger partial charge in [0, 0.05) is 19.1 Å². The van der Waals surface area contributed by atoms with Crippen molar-refractivity contribution in [2.45, 2.75) is 31.7 Å². The molecular formula is C10H21ClN2O2S. The van der Waals surface area contributed by atoms with Crippen LogP contribution in [-0.4, -0.2) is 44.7 Å². The lowest BCUT2D eigenvalue weighted by Crippen LogP contribution is -2.47. The summed E-state index contributed by atoms with van der Waals surface area (Å²) in [5, 5.41) is 3.17. The Labute approximate surface area is 104 Å². The third-order valence-electron chi connectivity index (χ3n) is 3.33. The minimum atomic E-state index is -2.97. The molecule has 0 spiro atoms. The molecule has 1 saturated heterocycles. The molecule has 2 aliphatic rings. The third kappa shape index (κ3) is 3.58. The number of likely N-dealkylation sites (N-methyl/N-ethyl adjacent to an activating group) is 1. The highest BCUT2D eigenvalue weighted by Gasteiger charge is 2.34. The van der Waals surface area contributed by atoms with Gasteiger partial charge in [0.05, 0.1) is 5.75 Å². The van der Waals surface area contributed by atoms with E-state index < -0.39 is 10.0 Å². The van der Waals surface area contributed by atoms with E-state index in [-0.39, 0.29) is 12.4 Å². The fraction of sp³-hybridized carbons (Fsp3) is 1.00. The van der Waals surface area contributed by atoms with Gasteiger partial charge >= 0.3 is 0 Å². The zero-order valence-electron chi connectivity index (χ0n) is 9.68. The van der Waals surface area contributed by atoms with Gasteiger partial charge in [-0.25, -0.2) is 12.7 Å². The zero-order valence-corrected chi connectivity index (χ0v) is 11.3. The first-order chi connectivity index (χ1) is 7.12. The van der Waals surface area contributed by atoms with Crippen molar-refractivity contribution in [2.75, 3.05) is 25.9 Å². The van der Waals surface area contributed by atoms with E-state index in [1.54, 1.807) is 4.31 Å². The van der Waals surface area contributed by atoms with Crippen molar-refractivity contribution in [3.05, 3.63) is 0 Å². The number of sulfonamides is 1. The van der Waals surface area contributed by atoms with Crippen LogP contribution < -0.4 is 5.32 Å². The molecule has 0 aromatic carbocycles. The molecule has 16 heavy (non-hydrogen) atoms. The van der Waals surface area contributed by atoms with Crippen LogP contribution in [0.4, 0.5) is 0 Å². The van der Waals surface area contributed by atoms with Crippen LogP contribution in [0.3, 0.4) is 0 Å². The molecule has 0 radical (unpaired) electrons. The molecule has 1 aliphatic heterocycles. The van der Waals surface area contributed by atoms with Crippen LogP contribution in [0.1, 0.15) is 25.7 Å². The standard InChI is InChI=1S/C10H20N2O2S.ClH/c1-11-10-3-2-6-12(7-10)15(13,14)8-9-4-5-9;/h9-11H,2-8H2,1H3;1H. The SMILES string of the molecule is CNC1CCCN(S(=O)(=O)CC2CC2)C1.Cl. The fourth-order valence-corrected chi connectivity index (χ4v) is 4.07. The summed E-state index contributed by atoms with van der Waals surface area (Å²) in [4.78, 5) is 0. The predicted molar refractivity (Wildman–Crippen MR) is 67.4 cm³/mol. The summed E-state index contributed by atoms with van der Waals surface area (Å²) in [6.07, 6.45) is 4.27. The predicted octanol–water partition coefficient (Wildman–Crippen LogP) is 0.832. The monoisotopic (exact) mass is 268 g/mol. The summed E-state index contributed by atoms with van der Waals surface area (Å²) in [7, 11) is -1.07. The van der Waals surface area contributed by atoms with Crippen molar-refractivity contribution in [3.63, 3.8) is 0 Å². The Morgan fingerprint density at radius 2 is 2.00 bits per heavy atom. The van der Waals surface area contributed by atoms with Crippen LogP contribution >= 0.6 is 12.4 Å². The van der Waals surface area contributed by atoms with Crippen molar-refractivity contribution in [3.8, 4) is 0 Å². The van der Waals surface area contributed by atoms with Crippen molar-refractivity contribution < 1.29 is 8.42 Å². The summed E-state index contributed by atoms with van der Waals surface area (Å²) >= 11 is 0. The van der Waals surface area contributed by atoms with Gasteiger partial charge in [-0.05, 0) is 38.6 Å². The molecule has 6 heteroatoms. The Hall–Kier alpha value is 0.160. The highest BCUT2D eigenvalue weighted by molar-refractivity contribution is 7.89. The van der Waals surface area contributed by atoms with Crippen LogP contribution in [0.25, 0.3) is 0 Å². The average molecular weight is 269 g/mol. The normalized spacial score (nSPS) is 27.4. The molecule has 2 rings (SSSR count). The van der Waals surface area contributed by atoms with E-state index in [1.165, 1.54) is 0 Å². The van der Waals surface area contributed by atoms with Gasteiger partial charge in [0.1, 0.15) is 0 Å². The Morgan fingerprint density at radius 3 is 2.56 bits per heavy atom. The van der Waals surface area contributed by atoms with Gasteiger partial charge in [-0.3, -0.25) is 0 Å². The van der Waals surface area contributed by atoms with Gasteiger partial charge in [-0.2, -0.15) is 0 Å². The first-order valence-corrected chi connectivity index (χ1v) is 7.38. The highest BCUT2D eigenvalue weighted by Crippen LogP contribution is 2.31. The highest BCUT2D eigenvalue weighted by atomic mass is 35.5. The summed E-state index contributed by atoms with van der Waals surface area (Å²) in [6.45, 7) is 1.37. The summed E-state index contributed by atoms with van der Waals surface area (Å²) in [5.41, 5.74) is 0. The van der Waals surface area contributed by atoms with E-state index in [9.17, 15) is 8.42 Å². The second-order valence-electron chi connectivity index (χ2n) is 4.71. The Bertz CT molecular complexity index is 317. The molecule has 0 amide bonds. The van der Waals surface area contributed by atoms with Gasteiger partial charge in [-0.1, -0.05) is 0 Å². The Kier molecular flexibility index (Phi) is 5.04. The van der Waals surface area contributed by atoms with Crippen molar-refractivity contribution in [1.82, 2.24) is 9.62 Å². The number of hydrogen-bond donors (Lipinski definition) is 1.